The molecule has 1 saturated heterocycles. The van der Waals surface area contributed by atoms with Crippen molar-refractivity contribution < 1.29 is 14.3 Å². The van der Waals surface area contributed by atoms with Gasteiger partial charge in [0.1, 0.15) is 0 Å². The first-order valence-corrected chi connectivity index (χ1v) is 11.4. The van der Waals surface area contributed by atoms with Crippen LogP contribution in [0, 0.1) is 5.92 Å². The van der Waals surface area contributed by atoms with Gasteiger partial charge >= 0.3 is 153 Å². The van der Waals surface area contributed by atoms with E-state index < -0.39 is 0 Å². The van der Waals surface area contributed by atoms with Crippen molar-refractivity contribution in [1.82, 2.24) is 4.98 Å². The molecule has 1 aromatic carbocycles. The van der Waals surface area contributed by atoms with E-state index >= 15 is 0 Å². The van der Waals surface area contributed by atoms with E-state index in [1.54, 1.807) is 0 Å². The molecule has 1 aromatic heterocycles. The summed E-state index contributed by atoms with van der Waals surface area (Å²) in [5, 5.41) is 0. The second-order valence-corrected chi connectivity index (χ2v) is 8.47. The standard InChI is InChI=1S/C23H29AsN2O3/c1-2-5-22(27)29-23-20(24)7-3-8-21(23)28-17-4-6-18-11-15-26(16-12-18)19-9-13-25-14-10-19/h3,7-10,13-14,18H,2,4-6,11-12,15-17H2,1H3. The van der Waals surface area contributed by atoms with Crippen molar-refractivity contribution in [3.8, 4) is 11.5 Å². The average Bonchev–Trinajstić information content (AvgIpc) is 2.74. The summed E-state index contributed by atoms with van der Waals surface area (Å²) < 4.78 is 12.4. The fourth-order valence-corrected chi connectivity index (χ4v) is 4.19. The van der Waals surface area contributed by atoms with Crippen LogP contribution in [-0.4, -0.2) is 47.5 Å². The Labute approximate surface area is 182 Å². The summed E-state index contributed by atoms with van der Waals surface area (Å²) in [6.45, 7) is 4.80. The third-order valence-corrected chi connectivity index (χ3v) is 6.02. The van der Waals surface area contributed by atoms with Crippen molar-refractivity contribution in [2.75, 3.05) is 24.6 Å². The Morgan fingerprint density at radius 3 is 2.69 bits per heavy atom. The van der Waals surface area contributed by atoms with Crippen molar-refractivity contribution in [2.24, 2.45) is 5.92 Å². The molecule has 0 aliphatic carbocycles. The van der Waals surface area contributed by atoms with Crippen LogP contribution in [-0.2, 0) is 4.79 Å². The molecular formula is C23H29AsN2O3. The van der Waals surface area contributed by atoms with Crippen molar-refractivity contribution in [3.05, 3.63) is 42.7 Å². The van der Waals surface area contributed by atoms with Crippen LogP contribution < -0.4 is 18.7 Å². The zero-order valence-corrected chi connectivity index (χ0v) is 18.9. The zero-order valence-electron chi connectivity index (χ0n) is 17.0. The van der Waals surface area contributed by atoms with Crippen molar-refractivity contribution in [3.63, 3.8) is 0 Å². The van der Waals surface area contributed by atoms with E-state index in [0.717, 1.165) is 42.6 Å². The minimum atomic E-state index is -0.211. The van der Waals surface area contributed by atoms with Crippen LogP contribution in [0.5, 0.6) is 11.5 Å². The van der Waals surface area contributed by atoms with Gasteiger partial charge in [-0.25, -0.2) is 0 Å². The van der Waals surface area contributed by atoms with Crippen LogP contribution in [0.25, 0.3) is 0 Å². The SMILES string of the molecule is CCCC(=O)Oc1c([As])cccc1OCCCC1CCN(c2ccncc2)CC1. The molecule has 0 spiro atoms. The molecular weight excluding hydrogens is 427 g/mol. The summed E-state index contributed by atoms with van der Waals surface area (Å²) in [6.07, 6.45) is 9.50. The van der Waals surface area contributed by atoms with E-state index in [-0.39, 0.29) is 5.97 Å². The van der Waals surface area contributed by atoms with Gasteiger partial charge in [0.25, 0.3) is 0 Å². The van der Waals surface area contributed by atoms with Gasteiger partial charge in [-0.1, -0.05) is 0 Å². The number of benzene rings is 1. The van der Waals surface area contributed by atoms with Gasteiger partial charge in [0, 0.05) is 12.4 Å². The van der Waals surface area contributed by atoms with Gasteiger partial charge in [0.15, 0.2) is 0 Å². The van der Waals surface area contributed by atoms with Crippen LogP contribution in [0.1, 0.15) is 45.4 Å². The number of aromatic nitrogens is 1. The monoisotopic (exact) mass is 456 g/mol. The Balaban J connectivity index is 1.42. The molecule has 154 valence electrons. The average molecular weight is 456 g/mol. The molecule has 29 heavy (non-hydrogen) atoms. The van der Waals surface area contributed by atoms with E-state index in [1.165, 1.54) is 18.5 Å². The third-order valence-electron chi connectivity index (χ3n) is 5.28. The number of piperidine rings is 1. The number of nitrogens with zero attached hydrogens (tertiary/aromatic N) is 2. The Morgan fingerprint density at radius 1 is 1.21 bits per heavy atom. The maximum atomic E-state index is 11.9. The predicted octanol–water partition coefficient (Wildman–Crippen LogP) is 3.66. The Bertz CT molecular complexity index is 777. The molecule has 0 bridgehead atoms. The number of esters is 1. The first-order chi connectivity index (χ1) is 14.2. The summed E-state index contributed by atoms with van der Waals surface area (Å²) >= 11 is 2.45. The molecule has 1 fully saturated rings. The second-order valence-electron chi connectivity index (χ2n) is 7.45. The van der Waals surface area contributed by atoms with Gasteiger partial charge in [-0.15, -0.1) is 0 Å². The molecule has 2 heterocycles. The summed E-state index contributed by atoms with van der Waals surface area (Å²) in [5.41, 5.74) is 1.27. The summed E-state index contributed by atoms with van der Waals surface area (Å²) in [5.74, 6) is 1.72. The molecule has 0 saturated carbocycles. The predicted molar refractivity (Wildman–Crippen MR) is 116 cm³/mol. The quantitative estimate of drug-likeness (QED) is 0.250. The fraction of sp³-hybridized carbons (Fsp3) is 0.478. The summed E-state index contributed by atoms with van der Waals surface area (Å²) in [7, 11) is 0. The van der Waals surface area contributed by atoms with Crippen LogP contribution >= 0.6 is 0 Å². The van der Waals surface area contributed by atoms with Crippen molar-refractivity contribution in [1.29, 1.82) is 0 Å². The number of para-hydroxylation sites is 1. The first-order valence-electron chi connectivity index (χ1n) is 10.5. The molecule has 1 aliphatic rings. The molecule has 6 heteroatoms. The number of pyridine rings is 1. The van der Waals surface area contributed by atoms with Crippen LogP contribution in [0.15, 0.2) is 42.7 Å². The number of carbonyl (C=O) groups excluding carboxylic acids is 1. The molecule has 5 nitrogen and oxygen atoms in total. The number of hydrogen-bond donors (Lipinski definition) is 0. The molecule has 2 radical (unpaired) electrons. The molecule has 1 aliphatic heterocycles. The number of ether oxygens (including phenoxy) is 2. The summed E-state index contributed by atoms with van der Waals surface area (Å²) in [4.78, 5) is 18.4. The van der Waals surface area contributed by atoms with Crippen molar-refractivity contribution >= 4 is 32.9 Å². The maximum absolute atomic E-state index is 11.9. The van der Waals surface area contributed by atoms with Gasteiger partial charge in [-0.3, -0.25) is 4.98 Å². The topological polar surface area (TPSA) is 51.7 Å². The van der Waals surface area contributed by atoms with Crippen LogP contribution in [0.4, 0.5) is 5.69 Å². The van der Waals surface area contributed by atoms with E-state index in [2.05, 4.69) is 38.9 Å². The fourth-order valence-electron chi connectivity index (χ4n) is 3.68. The molecule has 0 amide bonds. The summed E-state index contributed by atoms with van der Waals surface area (Å²) in [6, 6.07) is 9.88. The molecule has 0 atom stereocenters. The Morgan fingerprint density at radius 2 is 1.97 bits per heavy atom. The first kappa shape index (κ1) is 21.7. The van der Waals surface area contributed by atoms with Gasteiger partial charge < -0.3 is 0 Å². The number of hydrogen-bond acceptors (Lipinski definition) is 5. The van der Waals surface area contributed by atoms with Crippen molar-refractivity contribution in [2.45, 2.75) is 45.4 Å². The zero-order chi connectivity index (χ0) is 20.5. The van der Waals surface area contributed by atoms with Crippen LogP contribution in [0.2, 0.25) is 0 Å². The van der Waals surface area contributed by atoms with Crippen LogP contribution in [0.3, 0.4) is 0 Å². The van der Waals surface area contributed by atoms with Gasteiger partial charge in [-0.05, 0) is 12.1 Å². The Hall–Kier alpha value is -2.00. The Kier molecular flexibility index (Phi) is 8.42. The molecule has 0 N–H and O–H groups in total. The normalized spacial score (nSPS) is 14.6. The number of rotatable bonds is 9. The van der Waals surface area contributed by atoms with E-state index in [0.29, 0.717) is 24.5 Å². The van der Waals surface area contributed by atoms with Gasteiger partial charge in [0.05, 0.1) is 0 Å². The van der Waals surface area contributed by atoms with E-state index in [4.69, 9.17) is 9.47 Å². The van der Waals surface area contributed by atoms with E-state index in [9.17, 15) is 4.79 Å². The number of carbonyl (C=O) groups is 1. The van der Waals surface area contributed by atoms with E-state index in [1.807, 2.05) is 37.5 Å². The molecule has 0 unspecified atom stereocenters. The minimum absolute atomic E-state index is 0.211. The third kappa shape index (κ3) is 6.50. The molecule has 2 aromatic rings. The van der Waals surface area contributed by atoms with Gasteiger partial charge in [-0.2, -0.15) is 0 Å². The van der Waals surface area contributed by atoms with Gasteiger partial charge in [0.2, 0.25) is 0 Å². The second kappa shape index (κ2) is 11.3. The number of anilines is 1. The molecule has 3 rings (SSSR count).